The summed E-state index contributed by atoms with van der Waals surface area (Å²) in [5.41, 5.74) is 0. The third-order valence-electron chi connectivity index (χ3n) is 1.73. The molecule has 1 saturated heterocycles. The largest absolute Gasteiger partial charge is 0.347 e. The van der Waals surface area contributed by atoms with Crippen molar-refractivity contribution in [2.75, 3.05) is 14.1 Å². The van der Waals surface area contributed by atoms with Crippen molar-refractivity contribution in [3.63, 3.8) is 0 Å². The molecule has 11 heavy (non-hydrogen) atoms. The number of nitrogens with zero attached hydrogens (tertiary/aromatic N) is 1. The second-order valence-electron chi connectivity index (χ2n) is 2.89. The molecule has 1 aliphatic heterocycles. The van der Waals surface area contributed by atoms with E-state index in [0.29, 0.717) is 12.8 Å². The van der Waals surface area contributed by atoms with E-state index in [0.717, 1.165) is 0 Å². The molecule has 1 heterocycles. The Bertz CT molecular complexity index is 189. The van der Waals surface area contributed by atoms with E-state index < -0.39 is 0 Å². The highest BCUT2D eigenvalue weighted by molar-refractivity contribution is 5.90. The molecular formula is C7H12N2O2. The van der Waals surface area contributed by atoms with E-state index in [9.17, 15) is 9.59 Å². The van der Waals surface area contributed by atoms with Gasteiger partial charge in [-0.25, -0.2) is 0 Å². The van der Waals surface area contributed by atoms with Gasteiger partial charge < -0.3 is 10.2 Å². The normalized spacial score (nSPS) is 23.1. The average Bonchev–Trinajstić information content (AvgIpc) is 2.34. The maximum Gasteiger partial charge on any atom is 0.244 e. The zero-order valence-corrected chi connectivity index (χ0v) is 6.76. The fraction of sp³-hybridized carbons (Fsp3) is 0.714. The molecule has 0 spiro atoms. The van der Waals surface area contributed by atoms with Gasteiger partial charge in [-0.2, -0.15) is 0 Å². The highest BCUT2D eigenvalue weighted by Crippen LogP contribution is 2.07. The van der Waals surface area contributed by atoms with Crippen LogP contribution in [0.15, 0.2) is 0 Å². The van der Waals surface area contributed by atoms with Crippen LogP contribution in [0, 0.1) is 0 Å². The van der Waals surface area contributed by atoms with E-state index in [1.807, 2.05) is 0 Å². The van der Waals surface area contributed by atoms with Crippen LogP contribution in [0.5, 0.6) is 0 Å². The maximum absolute atomic E-state index is 11.2. The van der Waals surface area contributed by atoms with Gasteiger partial charge in [0.2, 0.25) is 11.8 Å². The fourth-order valence-electron chi connectivity index (χ4n) is 1.11. The summed E-state index contributed by atoms with van der Waals surface area (Å²) in [6.07, 6.45) is 1.11. The van der Waals surface area contributed by atoms with Gasteiger partial charge in [0, 0.05) is 20.5 Å². The maximum atomic E-state index is 11.2. The summed E-state index contributed by atoms with van der Waals surface area (Å²) >= 11 is 0. The van der Waals surface area contributed by atoms with Crippen molar-refractivity contribution in [3.05, 3.63) is 0 Å². The number of rotatable bonds is 1. The molecule has 0 bridgehead atoms. The predicted octanol–water partition coefficient (Wildman–Crippen LogP) is -0.647. The smallest absolute Gasteiger partial charge is 0.244 e. The van der Waals surface area contributed by atoms with E-state index in [1.165, 1.54) is 4.90 Å². The minimum Gasteiger partial charge on any atom is -0.347 e. The van der Waals surface area contributed by atoms with Crippen LogP contribution in [0.1, 0.15) is 12.8 Å². The zero-order valence-electron chi connectivity index (χ0n) is 6.76. The molecule has 62 valence electrons. The molecule has 1 rings (SSSR count). The highest BCUT2D eigenvalue weighted by Gasteiger charge is 2.27. The summed E-state index contributed by atoms with van der Waals surface area (Å²) in [7, 11) is 3.37. The van der Waals surface area contributed by atoms with Crippen molar-refractivity contribution in [1.82, 2.24) is 10.2 Å². The van der Waals surface area contributed by atoms with Gasteiger partial charge in [-0.1, -0.05) is 0 Å². The molecule has 0 aliphatic carbocycles. The van der Waals surface area contributed by atoms with Crippen LogP contribution >= 0.6 is 0 Å². The number of likely N-dealkylation sites (N-methyl/N-ethyl adjacent to an activating group) is 1. The first-order valence-corrected chi connectivity index (χ1v) is 3.62. The van der Waals surface area contributed by atoms with E-state index in [4.69, 9.17) is 0 Å². The van der Waals surface area contributed by atoms with Gasteiger partial charge in [-0.05, 0) is 6.42 Å². The number of carbonyl (C=O) groups excluding carboxylic acids is 2. The Kier molecular flexibility index (Phi) is 2.12. The van der Waals surface area contributed by atoms with Crippen molar-refractivity contribution in [3.8, 4) is 0 Å². The van der Waals surface area contributed by atoms with E-state index in [2.05, 4.69) is 5.32 Å². The minimum absolute atomic E-state index is 0.0177. The molecule has 1 atom stereocenters. The Balaban J connectivity index is 2.50. The van der Waals surface area contributed by atoms with Crippen molar-refractivity contribution in [2.24, 2.45) is 0 Å². The molecule has 1 unspecified atom stereocenters. The first-order chi connectivity index (χ1) is 5.11. The summed E-state index contributed by atoms with van der Waals surface area (Å²) in [5.74, 6) is -0.0407. The monoisotopic (exact) mass is 156 g/mol. The van der Waals surface area contributed by atoms with Crippen molar-refractivity contribution in [2.45, 2.75) is 18.9 Å². The molecule has 4 nitrogen and oxygen atoms in total. The van der Waals surface area contributed by atoms with Gasteiger partial charge in [0.05, 0.1) is 0 Å². The Morgan fingerprint density at radius 2 is 2.27 bits per heavy atom. The second-order valence-corrected chi connectivity index (χ2v) is 2.89. The molecule has 0 aromatic carbocycles. The van der Waals surface area contributed by atoms with Crippen LogP contribution < -0.4 is 5.32 Å². The molecule has 0 aromatic rings. The quantitative estimate of drug-likeness (QED) is 0.548. The summed E-state index contributed by atoms with van der Waals surface area (Å²) in [6, 6.07) is -0.280. The number of hydrogen-bond donors (Lipinski definition) is 1. The molecule has 2 amide bonds. The fourth-order valence-corrected chi connectivity index (χ4v) is 1.11. The van der Waals surface area contributed by atoms with Gasteiger partial charge >= 0.3 is 0 Å². The van der Waals surface area contributed by atoms with E-state index in [-0.39, 0.29) is 17.9 Å². The van der Waals surface area contributed by atoms with E-state index in [1.54, 1.807) is 14.1 Å². The lowest BCUT2D eigenvalue weighted by Crippen LogP contribution is -2.40. The molecule has 0 aromatic heterocycles. The molecule has 4 heteroatoms. The van der Waals surface area contributed by atoms with Crippen LogP contribution in [-0.2, 0) is 9.59 Å². The molecule has 1 N–H and O–H groups in total. The first kappa shape index (κ1) is 8.04. The number of hydrogen-bond acceptors (Lipinski definition) is 2. The Morgan fingerprint density at radius 1 is 1.64 bits per heavy atom. The average molecular weight is 156 g/mol. The summed E-state index contributed by atoms with van der Waals surface area (Å²) in [4.78, 5) is 23.4. The van der Waals surface area contributed by atoms with Gasteiger partial charge in [0.25, 0.3) is 0 Å². The summed E-state index contributed by atoms with van der Waals surface area (Å²) < 4.78 is 0. The topological polar surface area (TPSA) is 49.4 Å². The van der Waals surface area contributed by atoms with Crippen LogP contribution in [0.3, 0.4) is 0 Å². The van der Waals surface area contributed by atoms with E-state index >= 15 is 0 Å². The number of amides is 2. The number of nitrogens with one attached hydrogen (secondary N) is 1. The minimum atomic E-state index is -0.280. The molecule has 1 fully saturated rings. The van der Waals surface area contributed by atoms with Crippen LogP contribution in [0.4, 0.5) is 0 Å². The standard InChI is InChI=1S/C7H12N2O2/c1-9(2)7(11)5-3-4-6(10)8-5/h5H,3-4H2,1-2H3,(H,8,10). The van der Waals surface area contributed by atoms with Crippen molar-refractivity contribution < 1.29 is 9.59 Å². The van der Waals surface area contributed by atoms with Gasteiger partial charge in [0.15, 0.2) is 0 Å². The van der Waals surface area contributed by atoms with Crippen molar-refractivity contribution in [1.29, 1.82) is 0 Å². The predicted molar refractivity (Wildman–Crippen MR) is 39.9 cm³/mol. The number of carbonyl (C=O) groups is 2. The lowest BCUT2D eigenvalue weighted by molar-refractivity contribution is -0.132. The Morgan fingerprint density at radius 3 is 2.64 bits per heavy atom. The molecule has 0 radical (unpaired) electrons. The van der Waals surface area contributed by atoms with Gasteiger partial charge in [-0.3, -0.25) is 9.59 Å². The Labute approximate surface area is 65.6 Å². The SMILES string of the molecule is CN(C)C(=O)C1CCC(=O)N1. The van der Waals surface area contributed by atoms with Gasteiger partial charge in [-0.15, -0.1) is 0 Å². The van der Waals surface area contributed by atoms with Crippen LogP contribution in [-0.4, -0.2) is 36.9 Å². The second kappa shape index (κ2) is 2.90. The zero-order chi connectivity index (χ0) is 8.43. The lowest BCUT2D eigenvalue weighted by Gasteiger charge is -2.15. The summed E-state index contributed by atoms with van der Waals surface area (Å²) in [5, 5.41) is 2.60. The lowest BCUT2D eigenvalue weighted by atomic mass is 10.2. The van der Waals surface area contributed by atoms with Crippen LogP contribution in [0.2, 0.25) is 0 Å². The highest BCUT2D eigenvalue weighted by atomic mass is 16.2. The first-order valence-electron chi connectivity index (χ1n) is 3.62. The van der Waals surface area contributed by atoms with Crippen molar-refractivity contribution >= 4 is 11.8 Å². The molecular weight excluding hydrogens is 144 g/mol. The Hall–Kier alpha value is -1.06. The van der Waals surface area contributed by atoms with Gasteiger partial charge in [0.1, 0.15) is 6.04 Å². The molecule has 0 saturated carbocycles. The van der Waals surface area contributed by atoms with Crippen LogP contribution in [0.25, 0.3) is 0 Å². The summed E-state index contributed by atoms with van der Waals surface area (Å²) in [6.45, 7) is 0. The molecule has 1 aliphatic rings. The third kappa shape index (κ3) is 1.69. The third-order valence-corrected chi connectivity index (χ3v) is 1.73.